The molecule has 1 rings (SSSR count). The van der Waals surface area contributed by atoms with Crippen LogP contribution in [0.25, 0.3) is 0 Å². The van der Waals surface area contributed by atoms with Gasteiger partial charge in [-0.2, -0.15) is 0 Å². The Balaban J connectivity index is 3.12. The number of carbonyl (C=O) groups is 1. The second-order valence-electron chi connectivity index (χ2n) is 3.34. The molecule has 4 heteroatoms. The minimum atomic E-state index is -0.448. The predicted molar refractivity (Wildman–Crippen MR) is 82.9 cm³/mol. The Morgan fingerprint density at radius 1 is 1.18 bits per heavy atom. The van der Waals surface area contributed by atoms with E-state index >= 15 is 0 Å². The summed E-state index contributed by atoms with van der Waals surface area (Å²) in [5, 5.41) is 0.255. The highest BCUT2D eigenvalue weighted by Crippen LogP contribution is 2.48. The molecule has 0 aliphatic rings. The van der Waals surface area contributed by atoms with Gasteiger partial charge in [0.05, 0.1) is 0 Å². The number of rotatable bonds is 6. The summed E-state index contributed by atoms with van der Waals surface area (Å²) in [7, 11) is 0. The molecule has 1 aromatic rings. The maximum atomic E-state index is 12.4. The molecule has 0 spiro atoms. The fraction of sp³-hybridized carbons (Fsp3) is 0.462. The van der Waals surface area contributed by atoms with E-state index in [0.717, 1.165) is 17.1 Å². The zero-order valence-corrected chi connectivity index (χ0v) is 12.9. The number of carbonyl (C=O) groups excluding carboxylic acids is 1. The highest BCUT2D eigenvalue weighted by Gasteiger charge is 2.39. The van der Waals surface area contributed by atoms with Crippen LogP contribution in [0.1, 0.15) is 19.4 Å². The third kappa shape index (κ3) is 3.46. The third-order valence-electron chi connectivity index (χ3n) is 2.33. The van der Waals surface area contributed by atoms with Crippen molar-refractivity contribution in [2.45, 2.75) is 17.9 Å². The molecule has 0 saturated heterocycles. The molecule has 0 bridgehead atoms. The van der Waals surface area contributed by atoms with Crippen LogP contribution in [0.5, 0.6) is 0 Å². The van der Waals surface area contributed by atoms with Gasteiger partial charge in [-0.05, 0) is 23.3 Å². The quantitative estimate of drug-likeness (QED) is 0.727. The zero-order chi connectivity index (χ0) is 12.7. The highest BCUT2D eigenvalue weighted by atomic mass is 32.2. The van der Waals surface area contributed by atoms with Crippen LogP contribution in [0, 0.1) is 0 Å². The van der Waals surface area contributed by atoms with Crippen molar-refractivity contribution < 1.29 is 4.79 Å². The predicted octanol–water partition coefficient (Wildman–Crippen LogP) is 4.24. The van der Waals surface area contributed by atoms with Gasteiger partial charge in [-0.15, -0.1) is 23.5 Å². The van der Waals surface area contributed by atoms with Gasteiger partial charge in [0, 0.05) is 0 Å². The van der Waals surface area contributed by atoms with E-state index in [1.54, 1.807) is 23.5 Å². The second kappa shape index (κ2) is 7.39. The molecule has 1 atom stereocenters. The van der Waals surface area contributed by atoms with Crippen LogP contribution in [0.2, 0.25) is 0 Å². The first-order valence-electron chi connectivity index (χ1n) is 5.63. The molecule has 0 N–H and O–H groups in total. The average Bonchev–Trinajstić information content (AvgIpc) is 2.37. The van der Waals surface area contributed by atoms with Crippen LogP contribution in [-0.2, 0) is 8.87 Å². The molecule has 0 aromatic heterocycles. The first-order chi connectivity index (χ1) is 8.21. The molecule has 0 radical (unpaired) electrons. The van der Waals surface area contributed by atoms with Crippen LogP contribution in [0.4, 0.5) is 0 Å². The van der Waals surface area contributed by atoms with Crippen molar-refractivity contribution in [1.82, 2.24) is 0 Å². The lowest BCUT2D eigenvalue weighted by Gasteiger charge is -2.29. The van der Waals surface area contributed by atoms with E-state index in [1.807, 2.05) is 43.5 Å². The van der Waals surface area contributed by atoms with Gasteiger partial charge >= 0.3 is 0 Å². The maximum absolute atomic E-state index is 12.4. The van der Waals surface area contributed by atoms with Gasteiger partial charge < -0.3 is 0 Å². The fourth-order valence-corrected chi connectivity index (χ4v) is 5.15. The van der Waals surface area contributed by atoms with E-state index in [9.17, 15) is 4.79 Å². The number of hydrogen-bond acceptors (Lipinski definition) is 4. The van der Waals surface area contributed by atoms with E-state index in [1.165, 1.54) is 11.8 Å². The number of benzene rings is 1. The molecule has 0 saturated carbocycles. The van der Waals surface area contributed by atoms with Gasteiger partial charge in [0.25, 0.3) is 0 Å². The standard InChI is InChI=1S/C13H18OS3/c1-4-16-12(14)13(15-3,17-5-2)11-9-7-6-8-10-11/h6-10H,4-5H2,1-3H3. The fourth-order valence-electron chi connectivity index (χ4n) is 1.61. The van der Waals surface area contributed by atoms with Crippen molar-refractivity contribution in [2.75, 3.05) is 17.8 Å². The maximum Gasteiger partial charge on any atom is 0.219 e. The largest absolute Gasteiger partial charge is 0.284 e. The van der Waals surface area contributed by atoms with E-state index in [2.05, 4.69) is 6.92 Å². The molecule has 0 aliphatic heterocycles. The van der Waals surface area contributed by atoms with Crippen molar-refractivity contribution in [2.24, 2.45) is 0 Å². The van der Waals surface area contributed by atoms with Gasteiger partial charge in [0.1, 0.15) is 0 Å². The van der Waals surface area contributed by atoms with E-state index in [4.69, 9.17) is 0 Å². The summed E-state index contributed by atoms with van der Waals surface area (Å²) < 4.78 is -0.448. The van der Waals surface area contributed by atoms with Crippen LogP contribution in [-0.4, -0.2) is 22.9 Å². The molecule has 1 aromatic carbocycles. The molecule has 1 nitrogen and oxygen atoms in total. The van der Waals surface area contributed by atoms with Crippen molar-refractivity contribution in [3.05, 3.63) is 35.9 Å². The zero-order valence-electron chi connectivity index (χ0n) is 10.4. The van der Waals surface area contributed by atoms with Crippen molar-refractivity contribution in [1.29, 1.82) is 0 Å². The van der Waals surface area contributed by atoms with Gasteiger partial charge in [0.2, 0.25) is 5.12 Å². The molecule has 17 heavy (non-hydrogen) atoms. The molecule has 0 heterocycles. The van der Waals surface area contributed by atoms with Crippen molar-refractivity contribution in [3.8, 4) is 0 Å². The van der Waals surface area contributed by atoms with Crippen LogP contribution in [0.3, 0.4) is 0 Å². The Morgan fingerprint density at radius 3 is 2.29 bits per heavy atom. The molecule has 0 aliphatic carbocycles. The van der Waals surface area contributed by atoms with Gasteiger partial charge in [0.15, 0.2) is 4.08 Å². The Bertz CT molecular complexity index is 353. The summed E-state index contributed by atoms with van der Waals surface area (Å²) in [5.74, 6) is 1.77. The lowest BCUT2D eigenvalue weighted by Crippen LogP contribution is -2.27. The lowest BCUT2D eigenvalue weighted by molar-refractivity contribution is -0.111. The molecular formula is C13H18OS3. The monoisotopic (exact) mass is 286 g/mol. The van der Waals surface area contributed by atoms with E-state index in [-0.39, 0.29) is 5.12 Å². The molecule has 0 amide bonds. The van der Waals surface area contributed by atoms with E-state index < -0.39 is 4.08 Å². The third-order valence-corrected chi connectivity index (χ3v) is 6.41. The Labute approximate surface area is 117 Å². The first kappa shape index (κ1) is 15.0. The average molecular weight is 286 g/mol. The summed E-state index contributed by atoms with van der Waals surface area (Å²) in [5.41, 5.74) is 1.10. The molecular weight excluding hydrogens is 268 g/mol. The summed E-state index contributed by atoms with van der Waals surface area (Å²) in [6.07, 6.45) is 2.02. The highest BCUT2D eigenvalue weighted by molar-refractivity contribution is 8.24. The molecule has 94 valence electrons. The molecule has 0 fully saturated rings. The second-order valence-corrected chi connectivity index (χ2v) is 7.33. The van der Waals surface area contributed by atoms with Crippen molar-refractivity contribution >= 4 is 40.4 Å². The summed E-state index contributed by atoms with van der Waals surface area (Å²) in [6.45, 7) is 4.12. The summed E-state index contributed by atoms with van der Waals surface area (Å²) in [4.78, 5) is 12.4. The number of thioether (sulfide) groups is 3. The van der Waals surface area contributed by atoms with Crippen LogP contribution >= 0.6 is 35.3 Å². The van der Waals surface area contributed by atoms with Gasteiger partial charge in [-0.1, -0.05) is 55.9 Å². The SMILES string of the molecule is CCSC(=O)C(SC)(SCC)c1ccccc1. The molecule has 1 unspecified atom stereocenters. The van der Waals surface area contributed by atoms with Gasteiger partial charge in [-0.3, -0.25) is 4.79 Å². The summed E-state index contributed by atoms with van der Waals surface area (Å²) in [6, 6.07) is 10.1. The normalized spacial score (nSPS) is 14.3. The Morgan fingerprint density at radius 2 is 1.82 bits per heavy atom. The minimum Gasteiger partial charge on any atom is -0.284 e. The van der Waals surface area contributed by atoms with Gasteiger partial charge in [-0.25, -0.2) is 0 Å². The lowest BCUT2D eigenvalue weighted by atomic mass is 10.1. The minimum absolute atomic E-state index is 0.255. The van der Waals surface area contributed by atoms with Crippen molar-refractivity contribution in [3.63, 3.8) is 0 Å². The summed E-state index contributed by atoms with van der Waals surface area (Å²) >= 11 is 4.77. The Kier molecular flexibility index (Phi) is 6.52. The smallest absolute Gasteiger partial charge is 0.219 e. The Hall–Kier alpha value is -0.0600. The first-order valence-corrected chi connectivity index (χ1v) is 8.82. The van der Waals surface area contributed by atoms with Crippen LogP contribution in [0.15, 0.2) is 30.3 Å². The number of hydrogen-bond donors (Lipinski definition) is 0. The van der Waals surface area contributed by atoms with E-state index in [0.29, 0.717) is 0 Å². The topological polar surface area (TPSA) is 17.1 Å². The van der Waals surface area contributed by atoms with Crippen LogP contribution < -0.4 is 0 Å².